The van der Waals surface area contributed by atoms with Crippen molar-refractivity contribution in [2.45, 2.75) is 26.3 Å². The number of nitrogens with one attached hydrogen (secondary N) is 2. The van der Waals surface area contributed by atoms with Gasteiger partial charge in [-0.25, -0.2) is 4.98 Å². The molecule has 3 aromatic rings. The van der Waals surface area contributed by atoms with Gasteiger partial charge >= 0.3 is 0 Å². The van der Waals surface area contributed by atoms with Crippen molar-refractivity contribution in [2.24, 2.45) is 10.7 Å². The highest BCUT2D eigenvalue weighted by Gasteiger charge is 2.10. The number of amides is 1. The topological polar surface area (TPSA) is 118 Å². The molecule has 28 heavy (non-hydrogen) atoms. The molecular formula is C19H22N6O2S. The van der Waals surface area contributed by atoms with Crippen LogP contribution >= 0.6 is 11.3 Å². The van der Waals surface area contributed by atoms with Crippen molar-refractivity contribution in [3.8, 4) is 11.5 Å². The number of carbonyl (C=O) groups is 1. The van der Waals surface area contributed by atoms with E-state index in [0.717, 1.165) is 12.8 Å². The molecule has 3 rings (SSSR count). The molecule has 146 valence electrons. The van der Waals surface area contributed by atoms with Crippen molar-refractivity contribution >= 4 is 28.3 Å². The van der Waals surface area contributed by atoms with Crippen molar-refractivity contribution in [1.82, 2.24) is 15.3 Å². The molecule has 9 heteroatoms. The van der Waals surface area contributed by atoms with Gasteiger partial charge < -0.3 is 20.8 Å². The summed E-state index contributed by atoms with van der Waals surface area (Å²) in [6, 6.07) is 7.61. The third-order valence-corrected chi connectivity index (χ3v) is 4.55. The fourth-order valence-electron chi connectivity index (χ4n) is 2.44. The van der Waals surface area contributed by atoms with Gasteiger partial charge in [-0.05, 0) is 36.6 Å². The largest absolute Gasteiger partial charge is 0.458 e. The second-order valence-corrected chi connectivity index (χ2v) is 6.93. The summed E-state index contributed by atoms with van der Waals surface area (Å²) in [5.74, 6) is 1.53. The fraction of sp³-hybridized carbons (Fsp3) is 0.263. The Hall–Kier alpha value is -3.20. The van der Waals surface area contributed by atoms with Crippen LogP contribution in [0.3, 0.4) is 0 Å². The summed E-state index contributed by atoms with van der Waals surface area (Å²) >= 11 is 1.42. The lowest BCUT2D eigenvalue weighted by Gasteiger charge is -2.02. The first-order chi connectivity index (χ1) is 13.6. The molecule has 3 aromatic heterocycles. The lowest BCUT2D eigenvalue weighted by atomic mass is 10.2. The molecule has 3 heterocycles. The van der Waals surface area contributed by atoms with Gasteiger partial charge in [0.15, 0.2) is 16.9 Å². The van der Waals surface area contributed by atoms with Gasteiger partial charge in [0.25, 0.3) is 0 Å². The summed E-state index contributed by atoms with van der Waals surface area (Å²) < 4.78 is 5.69. The number of rotatable bonds is 8. The van der Waals surface area contributed by atoms with Crippen LogP contribution < -0.4 is 16.4 Å². The van der Waals surface area contributed by atoms with Gasteiger partial charge in [0.2, 0.25) is 5.91 Å². The smallest absolute Gasteiger partial charge is 0.217 e. The molecule has 0 fully saturated rings. The molecule has 1 amide bonds. The number of aryl methyl sites for hydroxylation is 1. The van der Waals surface area contributed by atoms with Gasteiger partial charge in [-0.15, -0.1) is 11.3 Å². The van der Waals surface area contributed by atoms with E-state index >= 15 is 0 Å². The number of anilines is 1. The first kappa shape index (κ1) is 19.6. The molecule has 4 N–H and O–H groups in total. The first-order valence-corrected chi connectivity index (χ1v) is 9.73. The summed E-state index contributed by atoms with van der Waals surface area (Å²) in [5.41, 5.74) is 7.82. The summed E-state index contributed by atoms with van der Waals surface area (Å²) in [5, 5.41) is 8.21. The number of aromatic nitrogens is 2. The monoisotopic (exact) mass is 398 g/mol. The standard InChI is InChI=1S/C19H22N6O2S/c1-13(26)23-11-15-6-7-17(27-15)16-12-28-19(24-16)25-18(20)22-9-3-5-14-4-2-8-21-10-14/h2,4,6-8,10,12H,3,5,9,11H2,1H3,(H,23,26)(H3,20,22,24,25). The predicted octanol–water partition coefficient (Wildman–Crippen LogP) is 2.79. The van der Waals surface area contributed by atoms with Crippen LogP contribution in [0.5, 0.6) is 0 Å². The van der Waals surface area contributed by atoms with Crippen molar-refractivity contribution in [3.63, 3.8) is 0 Å². The van der Waals surface area contributed by atoms with Crippen LogP contribution in [0.4, 0.5) is 5.13 Å². The van der Waals surface area contributed by atoms with Gasteiger partial charge in [0, 0.05) is 31.2 Å². The molecule has 0 saturated carbocycles. The molecule has 0 aliphatic heterocycles. The number of hydrogen-bond donors (Lipinski definition) is 3. The van der Waals surface area contributed by atoms with E-state index in [4.69, 9.17) is 10.2 Å². The maximum atomic E-state index is 11.0. The maximum Gasteiger partial charge on any atom is 0.217 e. The van der Waals surface area contributed by atoms with Crippen LogP contribution in [0.1, 0.15) is 24.7 Å². The number of aliphatic imine (C=N–C) groups is 1. The van der Waals surface area contributed by atoms with Crippen molar-refractivity contribution < 1.29 is 9.21 Å². The summed E-state index contributed by atoms with van der Waals surface area (Å²) in [7, 11) is 0. The van der Waals surface area contributed by atoms with E-state index in [-0.39, 0.29) is 5.91 Å². The van der Waals surface area contributed by atoms with Crippen LogP contribution in [-0.4, -0.2) is 28.4 Å². The molecule has 0 aromatic carbocycles. The first-order valence-electron chi connectivity index (χ1n) is 8.85. The zero-order chi connectivity index (χ0) is 19.8. The minimum Gasteiger partial charge on any atom is -0.458 e. The van der Waals surface area contributed by atoms with E-state index in [2.05, 4.69) is 25.6 Å². The van der Waals surface area contributed by atoms with Gasteiger partial charge in [0.1, 0.15) is 11.5 Å². The molecule has 0 radical (unpaired) electrons. The number of hydrogen-bond acceptors (Lipinski definition) is 6. The van der Waals surface area contributed by atoms with E-state index in [0.29, 0.717) is 41.4 Å². The number of furan rings is 1. The second kappa shape index (κ2) is 9.65. The van der Waals surface area contributed by atoms with Gasteiger partial charge in [-0.3, -0.25) is 14.8 Å². The van der Waals surface area contributed by atoms with Crippen LogP contribution in [0.15, 0.2) is 51.4 Å². The zero-order valence-corrected chi connectivity index (χ0v) is 16.3. The molecule has 0 spiro atoms. The predicted molar refractivity (Wildman–Crippen MR) is 110 cm³/mol. The van der Waals surface area contributed by atoms with Crippen LogP contribution in [0.25, 0.3) is 11.5 Å². The Bertz CT molecular complexity index is 935. The number of carbonyl (C=O) groups excluding carboxylic acids is 1. The lowest BCUT2D eigenvalue weighted by Crippen LogP contribution is -2.22. The van der Waals surface area contributed by atoms with Gasteiger partial charge in [-0.1, -0.05) is 6.07 Å². The number of pyridine rings is 1. The molecule has 0 unspecified atom stereocenters. The van der Waals surface area contributed by atoms with E-state index in [9.17, 15) is 4.79 Å². The second-order valence-electron chi connectivity index (χ2n) is 6.07. The summed E-state index contributed by atoms with van der Waals surface area (Å²) in [4.78, 5) is 23.9. The summed E-state index contributed by atoms with van der Waals surface area (Å²) in [6.45, 7) is 2.44. The van der Waals surface area contributed by atoms with Crippen LogP contribution in [-0.2, 0) is 17.8 Å². The number of nitrogens with zero attached hydrogens (tertiary/aromatic N) is 3. The molecular weight excluding hydrogens is 376 g/mol. The van der Waals surface area contributed by atoms with E-state index in [1.54, 1.807) is 6.20 Å². The molecule has 0 atom stereocenters. The number of nitrogens with two attached hydrogens (primary N) is 1. The van der Waals surface area contributed by atoms with Crippen LogP contribution in [0, 0.1) is 0 Å². The Labute approximate surface area is 166 Å². The van der Waals surface area contributed by atoms with Gasteiger partial charge in [-0.2, -0.15) is 0 Å². The van der Waals surface area contributed by atoms with E-state index < -0.39 is 0 Å². The number of guanidine groups is 1. The molecule has 0 bridgehead atoms. The average molecular weight is 398 g/mol. The Morgan fingerprint density at radius 2 is 2.25 bits per heavy atom. The highest BCUT2D eigenvalue weighted by molar-refractivity contribution is 7.14. The zero-order valence-electron chi connectivity index (χ0n) is 15.5. The Kier molecular flexibility index (Phi) is 6.74. The van der Waals surface area contributed by atoms with Crippen molar-refractivity contribution in [1.29, 1.82) is 0 Å². The Morgan fingerprint density at radius 3 is 3.04 bits per heavy atom. The molecule has 8 nitrogen and oxygen atoms in total. The quantitative estimate of drug-likeness (QED) is 0.305. The third-order valence-electron chi connectivity index (χ3n) is 3.79. The summed E-state index contributed by atoms with van der Waals surface area (Å²) in [6.07, 6.45) is 5.42. The van der Waals surface area contributed by atoms with Gasteiger partial charge in [0.05, 0.1) is 6.54 Å². The Morgan fingerprint density at radius 1 is 1.36 bits per heavy atom. The highest BCUT2D eigenvalue weighted by Crippen LogP contribution is 2.26. The lowest BCUT2D eigenvalue weighted by molar-refractivity contribution is -0.119. The normalized spacial score (nSPS) is 11.4. The SMILES string of the molecule is CC(=O)NCc1ccc(-c2csc(NC(N)=NCCCc3cccnc3)n2)o1. The minimum absolute atomic E-state index is 0.103. The molecule has 0 aliphatic rings. The molecule has 0 aliphatic carbocycles. The maximum absolute atomic E-state index is 11.0. The molecule has 0 saturated heterocycles. The van der Waals surface area contributed by atoms with E-state index in [1.807, 2.05) is 35.8 Å². The van der Waals surface area contributed by atoms with Crippen molar-refractivity contribution in [2.75, 3.05) is 11.9 Å². The Balaban J connectivity index is 1.49. The van der Waals surface area contributed by atoms with E-state index in [1.165, 1.54) is 23.8 Å². The minimum atomic E-state index is -0.103. The number of thiazole rings is 1. The van der Waals surface area contributed by atoms with Crippen molar-refractivity contribution in [3.05, 3.63) is 53.4 Å². The third kappa shape index (κ3) is 5.92. The average Bonchev–Trinajstić information content (AvgIpc) is 3.34. The van der Waals surface area contributed by atoms with Crippen LogP contribution in [0.2, 0.25) is 0 Å². The fourth-order valence-corrected chi connectivity index (χ4v) is 3.15. The highest BCUT2D eigenvalue weighted by atomic mass is 32.1.